The summed E-state index contributed by atoms with van der Waals surface area (Å²) in [6.07, 6.45) is 0. The fourth-order valence-corrected chi connectivity index (χ4v) is 3.48. The van der Waals surface area contributed by atoms with E-state index in [9.17, 15) is 9.59 Å². The normalized spacial score (nSPS) is 10.6. The quantitative estimate of drug-likeness (QED) is 0.668. The zero-order valence-electron chi connectivity index (χ0n) is 17.4. The molecule has 0 spiro atoms. The molecule has 1 N–H and O–H groups in total. The Balaban J connectivity index is 1.96. The third kappa shape index (κ3) is 4.24. The van der Waals surface area contributed by atoms with E-state index in [4.69, 9.17) is 0 Å². The van der Waals surface area contributed by atoms with E-state index in [0.29, 0.717) is 29.9 Å². The number of hydrogen-bond donors (Lipinski definition) is 1. The number of nitrogens with one attached hydrogen (secondary N) is 1. The number of nitrogens with zero attached hydrogens (tertiary/aromatic N) is 2. The van der Waals surface area contributed by atoms with Gasteiger partial charge in [-0.05, 0) is 48.9 Å². The van der Waals surface area contributed by atoms with Crippen molar-refractivity contribution in [1.29, 1.82) is 0 Å². The Morgan fingerprint density at radius 1 is 0.862 bits per heavy atom. The second kappa shape index (κ2) is 8.78. The van der Waals surface area contributed by atoms with E-state index in [1.807, 2.05) is 87.4 Å². The summed E-state index contributed by atoms with van der Waals surface area (Å²) in [6.45, 7) is 5.19. The van der Waals surface area contributed by atoms with E-state index in [1.165, 1.54) is 0 Å². The molecule has 0 unspecified atom stereocenters. The van der Waals surface area contributed by atoms with E-state index in [-0.39, 0.29) is 11.8 Å². The molecule has 0 bridgehead atoms. The highest BCUT2D eigenvalue weighted by Gasteiger charge is 2.19. The molecule has 3 aromatic rings. The number of rotatable bonds is 6. The van der Waals surface area contributed by atoms with Gasteiger partial charge in [-0.15, -0.1) is 0 Å². The maximum atomic E-state index is 13.0. The van der Waals surface area contributed by atoms with Crippen molar-refractivity contribution < 1.29 is 9.59 Å². The average molecular weight is 389 g/mol. The van der Waals surface area contributed by atoms with Crippen LogP contribution in [0.15, 0.2) is 60.7 Å². The molecule has 29 heavy (non-hydrogen) atoms. The summed E-state index contributed by atoms with van der Waals surface area (Å²) < 4.78 is 0. The highest BCUT2D eigenvalue weighted by molar-refractivity contribution is 6.13. The predicted octanol–water partition coefficient (Wildman–Crippen LogP) is 4.64. The Labute approximate surface area is 171 Å². The number of carbonyl (C=O) groups is 2. The standard InChI is InChI=1S/C24H27N3O2/c1-5-27(6-2)24(29)21-16-18(14-15-22(21)26(3)4)25-23(28)20-13-9-11-17-10-7-8-12-19(17)20/h7-16H,5-6H2,1-4H3,(H,25,28). The molecule has 0 heterocycles. The van der Waals surface area contributed by atoms with E-state index < -0.39 is 0 Å². The van der Waals surface area contributed by atoms with Crippen LogP contribution in [0.2, 0.25) is 0 Å². The maximum Gasteiger partial charge on any atom is 0.256 e. The van der Waals surface area contributed by atoms with Crippen LogP contribution in [0.1, 0.15) is 34.6 Å². The number of hydrogen-bond acceptors (Lipinski definition) is 3. The van der Waals surface area contributed by atoms with Gasteiger partial charge in [0.2, 0.25) is 0 Å². The Hall–Kier alpha value is -3.34. The van der Waals surface area contributed by atoms with Crippen molar-refractivity contribution in [1.82, 2.24) is 4.90 Å². The number of anilines is 2. The van der Waals surface area contributed by atoms with Crippen LogP contribution in [0.25, 0.3) is 10.8 Å². The highest BCUT2D eigenvalue weighted by atomic mass is 16.2. The molecule has 5 heteroatoms. The molecule has 0 atom stereocenters. The van der Waals surface area contributed by atoms with Gasteiger partial charge in [-0.3, -0.25) is 9.59 Å². The second-order valence-electron chi connectivity index (χ2n) is 7.08. The van der Waals surface area contributed by atoms with Gasteiger partial charge in [0.05, 0.1) is 5.56 Å². The number of carbonyl (C=O) groups excluding carboxylic acids is 2. The fraction of sp³-hybridized carbons (Fsp3) is 0.250. The lowest BCUT2D eigenvalue weighted by molar-refractivity contribution is 0.0773. The van der Waals surface area contributed by atoms with E-state index >= 15 is 0 Å². The lowest BCUT2D eigenvalue weighted by Crippen LogP contribution is -2.31. The fourth-order valence-electron chi connectivity index (χ4n) is 3.48. The summed E-state index contributed by atoms with van der Waals surface area (Å²) in [4.78, 5) is 29.6. The van der Waals surface area contributed by atoms with Crippen LogP contribution in [-0.4, -0.2) is 43.9 Å². The average Bonchev–Trinajstić information content (AvgIpc) is 2.73. The molecule has 0 saturated carbocycles. The Morgan fingerprint density at radius 2 is 1.55 bits per heavy atom. The first-order chi connectivity index (χ1) is 14.0. The molecule has 3 rings (SSSR count). The van der Waals surface area contributed by atoms with Gasteiger partial charge >= 0.3 is 0 Å². The highest BCUT2D eigenvalue weighted by Crippen LogP contribution is 2.26. The first-order valence-corrected chi connectivity index (χ1v) is 9.86. The molecule has 0 aromatic heterocycles. The number of benzene rings is 3. The summed E-state index contributed by atoms with van der Waals surface area (Å²) in [5.74, 6) is -0.236. The Morgan fingerprint density at radius 3 is 2.24 bits per heavy atom. The zero-order valence-corrected chi connectivity index (χ0v) is 17.4. The maximum absolute atomic E-state index is 13.0. The third-order valence-corrected chi connectivity index (χ3v) is 5.05. The minimum atomic E-state index is -0.194. The molecule has 0 saturated heterocycles. The third-order valence-electron chi connectivity index (χ3n) is 5.05. The van der Waals surface area contributed by atoms with Crippen LogP contribution < -0.4 is 10.2 Å². The summed E-state index contributed by atoms with van der Waals surface area (Å²) in [5, 5.41) is 4.87. The van der Waals surface area contributed by atoms with Gasteiger partial charge in [-0.2, -0.15) is 0 Å². The molecule has 150 valence electrons. The Bertz CT molecular complexity index is 1030. The molecule has 2 amide bonds. The van der Waals surface area contributed by atoms with E-state index in [1.54, 1.807) is 11.0 Å². The molecule has 0 aliphatic carbocycles. The summed E-state index contributed by atoms with van der Waals surface area (Å²) >= 11 is 0. The molecule has 0 aliphatic heterocycles. The number of fused-ring (bicyclic) bond motifs is 1. The van der Waals surface area contributed by atoms with Crippen LogP contribution in [-0.2, 0) is 0 Å². The van der Waals surface area contributed by atoms with E-state index in [2.05, 4.69) is 5.32 Å². The van der Waals surface area contributed by atoms with Crippen molar-refractivity contribution in [2.24, 2.45) is 0 Å². The van der Waals surface area contributed by atoms with Gasteiger partial charge in [0.15, 0.2) is 0 Å². The largest absolute Gasteiger partial charge is 0.377 e. The summed E-state index contributed by atoms with van der Waals surface area (Å²) in [6, 6.07) is 18.9. The van der Waals surface area contributed by atoms with Crippen LogP contribution in [0.5, 0.6) is 0 Å². The topological polar surface area (TPSA) is 52.7 Å². The van der Waals surface area contributed by atoms with Gasteiger partial charge in [0.25, 0.3) is 11.8 Å². The first-order valence-electron chi connectivity index (χ1n) is 9.86. The molecule has 5 nitrogen and oxygen atoms in total. The van der Waals surface area contributed by atoms with Crippen molar-refractivity contribution in [3.05, 3.63) is 71.8 Å². The SMILES string of the molecule is CCN(CC)C(=O)c1cc(NC(=O)c2cccc3ccccc23)ccc1N(C)C. The molecular formula is C24H27N3O2. The van der Waals surface area contributed by atoms with Crippen molar-refractivity contribution in [2.45, 2.75) is 13.8 Å². The molecule has 0 aliphatic rings. The minimum absolute atomic E-state index is 0.0417. The number of amides is 2. The van der Waals surface area contributed by atoms with Crippen molar-refractivity contribution >= 4 is 34.0 Å². The van der Waals surface area contributed by atoms with Crippen molar-refractivity contribution in [3.63, 3.8) is 0 Å². The summed E-state index contributed by atoms with van der Waals surface area (Å²) in [7, 11) is 3.81. The van der Waals surface area contributed by atoms with Crippen LogP contribution >= 0.6 is 0 Å². The van der Waals surface area contributed by atoms with Crippen molar-refractivity contribution in [3.8, 4) is 0 Å². The summed E-state index contributed by atoms with van der Waals surface area (Å²) in [5.41, 5.74) is 2.61. The molecular weight excluding hydrogens is 362 g/mol. The smallest absolute Gasteiger partial charge is 0.256 e. The van der Waals surface area contributed by atoms with Crippen LogP contribution in [0.4, 0.5) is 11.4 Å². The minimum Gasteiger partial charge on any atom is -0.377 e. The molecule has 0 radical (unpaired) electrons. The van der Waals surface area contributed by atoms with Crippen LogP contribution in [0, 0.1) is 0 Å². The van der Waals surface area contributed by atoms with Gasteiger partial charge in [-0.25, -0.2) is 0 Å². The molecule has 3 aromatic carbocycles. The Kier molecular flexibility index (Phi) is 6.17. The first kappa shape index (κ1) is 20.4. The lowest BCUT2D eigenvalue weighted by Gasteiger charge is -2.23. The monoisotopic (exact) mass is 389 g/mol. The van der Waals surface area contributed by atoms with E-state index in [0.717, 1.165) is 16.5 Å². The van der Waals surface area contributed by atoms with Gasteiger partial charge < -0.3 is 15.1 Å². The molecule has 0 fully saturated rings. The van der Waals surface area contributed by atoms with Crippen molar-refractivity contribution in [2.75, 3.05) is 37.4 Å². The second-order valence-corrected chi connectivity index (χ2v) is 7.08. The van der Waals surface area contributed by atoms with Gasteiger partial charge in [0.1, 0.15) is 0 Å². The van der Waals surface area contributed by atoms with Gasteiger partial charge in [-0.1, -0.05) is 36.4 Å². The lowest BCUT2D eigenvalue weighted by atomic mass is 10.0. The van der Waals surface area contributed by atoms with Crippen LogP contribution in [0.3, 0.4) is 0 Å². The zero-order chi connectivity index (χ0) is 21.0. The van der Waals surface area contributed by atoms with Gasteiger partial charge in [0, 0.05) is 44.1 Å². The predicted molar refractivity (Wildman–Crippen MR) is 120 cm³/mol.